The second-order valence-electron chi connectivity index (χ2n) is 5.65. The van der Waals surface area contributed by atoms with Crippen LogP contribution in [0.1, 0.15) is 21.5 Å². The molecule has 0 spiro atoms. The van der Waals surface area contributed by atoms with Gasteiger partial charge in [0.25, 0.3) is 11.1 Å². The first kappa shape index (κ1) is 17.0. The lowest BCUT2D eigenvalue weighted by molar-refractivity contribution is -0.126. The lowest BCUT2D eigenvalue weighted by Crippen LogP contribution is -2.34. The number of carboxylic acid groups (broad SMARTS) is 1. The molecule has 1 fully saturated rings. The van der Waals surface area contributed by atoms with Crippen LogP contribution in [0.15, 0.2) is 48.5 Å². The zero-order valence-corrected chi connectivity index (χ0v) is 14.2. The number of carbonyl (C=O) groups is 3. The number of nitrogens with one attached hydrogen (secondary N) is 1. The van der Waals surface area contributed by atoms with Crippen molar-refractivity contribution in [2.45, 2.75) is 18.8 Å². The molecule has 0 saturated carbocycles. The molecule has 2 aromatic carbocycles. The normalized spacial score (nSPS) is 17.0. The maximum absolute atomic E-state index is 12.5. The first-order chi connectivity index (χ1) is 12.0. The number of aromatic carboxylic acids is 1. The fourth-order valence-corrected chi connectivity index (χ4v) is 3.39. The predicted molar refractivity (Wildman–Crippen MR) is 95.5 cm³/mol. The number of anilines is 1. The number of imide groups is 1. The summed E-state index contributed by atoms with van der Waals surface area (Å²) in [4.78, 5) is 36.8. The third-order valence-corrected chi connectivity index (χ3v) is 4.88. The number of rotatable bonds is 5. The van der Waals surface area contributed by atoms with Crippen molar-refractivity contribution in [1.82, 2.24) is 4.90 Å². The van der Waals surface area contributed by atoms with Crippen LogP contribution in [0.4, 0.5) is 10.5 Å². The largest absolute Gasteiger partial charge is 0.478 e. The summed E-state index contributed by atoms with van der Waals surface area (Å²) in [7, 11) is 0. The highest BCUT2D eigenvalue weighted by Crippen LogP contribution is 2.30. The van der Waals surface area contributed by atoms with Gasteiger partial charge in [-0.2, -0.15) is 0 Å². The Bertz CT molecular complexity index is 835. The van der Waals surface area contributed by atoms with Crippen LogP contribution in [0.25, 0.3) is 0 Å². The Labute approximate surface area is 148 Å². The Hall–Kier alpha value is -2.80. The SMILES string of the molecule is Cc1ccccc1NC1SC(=O)N(Cc2ccc(C(=O)O)cc2)C1=O. The van der Waals surface area contributed by atoms with E-state index in [-0.39, 0.29) is 23.3 Å². The number of amides is 2. The van der Waals surface area contributed by atoms with Gasteiger partial charge < -0.3 is 10.4 Å². The molecule has 1 unspecified atom stereocenters. The Balaban J connectivity index is 1.71. The number of hydrogen-bond donors (Lipinski definition) is 2. The van der Waals surface area contributed by atoms with E-state index in [1.54, 1.807) is 12.1 Å². The van der Waals surface area contributed by atoms with Crippen molar-refractivity contribution in [3.8, 4) is 0 Å². The van der Waals surface area contributed by atoms with Gasteiger partial charge in [-0.05, 0) is 48.0 Å². The topological polar surface area (TPSA) is 86.7 Å². The van der Waals surface area contributed by atoms with E-state index in [2.05, 4.69) is 5.32 Å². The number of benzene rings is 2. The molecule has 25 heavy (non-hydrogen) atoms. The van der Waals surface area contributed by atoms with Crippen LogP contribution in [0, 0.1) is 6.92 Å². The summed E-state index contributed by atoms with van der Waals surface area (Å²) >= 11 is 0.945. The molecule has 1 aliphatic rings. The van der Waals surface area contributed by atoms with Crippen molar-refractivity contribution < 1.29 is 19.5 Å². The smallest absolute Gasteiger partial charge is 0.335 e. The van der Waals surface area contributed by atoms with Gasteiger partial charge in [0, 0.05) is 5.69 Å². The zero-order chi connectivity index (χ0) is 18.0. The van der Waals surface area contributed by atoms with Crippen molar-refractivity contribution in [1.29, 1.82) is 0 Å². The second-order valence-corrected chi connectivity index (χ2v) is 6.71. The fraction of sp³-hybridized carbons (Fsp3) is 0.167. The summed E-state index contributed by atoms with van der Waals surface area (Å²) in [5, 5.41) is 11.0. The van der Waals surface area contributed by atoms with Crippen molar-refractivity contribution in [3.63, 3.8) is 0 Å². The lowest BCUT2D eigenvalue weighted by Gasteiger charge is -2.16. The van der Waals surface area contributed by atoms with Gasteiger partial charge in [0.1, 0.15) is 0 Å². The molecule has 1 saturated heterocycles. The summed E-state index contributed by atoms with van der Waals surface area (Å²) in [6, 6.07) is 13.7. The van der Waals surface area contributed by atoms with Crippen LogP contribution in [-0.2, 0) is 11.3 Å². The minimum Gasteiger partial charge on any atom is -0.478 e. The second kappa shape index (κ2) is 6.98. The van der Waals surface area contributed by atoms with E-state index in [1.165, 1.54) is 17.0 Å². The van der Waals surface area contributed by atoms with Crippen LogP contribution in [0.5, 0.6) is 0 Å². The average molecular weight is 356 g/mol. The molecule has 0 bridgehead atoms. The molecule has 1 atom stereocenters. The molecule has 0 aliphatic carbocycles. The molecule has 0 radical (unpaired) electrons. The Morgan fingerprint density at radius 3 is 2.48 bits per heavy atom. The molecule has 7 heteroatoms. The van der Waals surface area contributed by atoms with Gasteiger partial charge in [0.15, 0.2) is 5.37 Å². The molecular formula is C18H16N2O4S. The van der Waals surface area contributed by atoms with E-state index in [4.69, 9.17) is 5.11 Å². The van der Waals surface area contributed by atoms with E-state index in [0.29, 0.717) is 5.56 Å². The third-order valence-electron chi connectivity index (χ3n) is 3.90. The number of thioether (sulfide) groups is 1. The Kier molecular flexibility index (Phi) is 4.76. The Morgan fingerprint density at radius 1 is 1.16 bits per heavy atom. The van der Waals surface area contributed by atoms with E-state index in [0.717, 1.165) is 23.0 Å². The summed E-state index contributed by atoms with van der Waals surface area (Å²) < 4.78 is 0. The summed E-state index contributed by atoms with van der Waals surface area (Å²) in [5.41, 5.74) is 2.67. The number of nitrogens with zero attached hydrogens (tertiary/aromatic N) is 1. The highest BCUT2D eigenvalue weighted by Gasteiger charge is 2.39. The maximum atomic E-state index is 12.5. The first-order valence-corrected chi connectivity index (χ1v) is 8.50. The van der Waals surface area contributed by atoms with Crippen molar-refractivity contribution in [3.05, 3.63) is 65.2 Å². The number of carboxylic acids is 1. The molecule has 3 rings (SSSR count). The number of carbonyl (C=O) groups excluding carboxylic acids is 2. The van der Waals surface area contributed by atoms with Crippen LogP contribution in [0.3, 0.4) is 0 Å². The maximum Gasteiger partial charge on any atom is 0.335 e. The van der Waals surface area contributed by atoms with Gasteiger partial charge >= 0.3 is 5.97 Å². The first-order valence-electron chi connectivity index (χ1n) is 7.62. The summed E-state index contributed by atoms with van der Waals surface area (Å²) in [6.45, 7) is 2.05. The minimum atomic E-state index is -1.02. The molecule has 1 heterocycles. The predicted octanol–water partition coefficient (Wildman–Crippen LogP) is 3.33. The molecule has 2 amide bonds. The zero-order valence-electron chi connectivity index (χ0n) is 13.4. The van der Waals surface area contributed by atoms with E-state index < -0.39 is 11.3 Å². The standard InChI is InChI=1S/C18H16N2O4S/c1-11-4-2-3-5-14(11)19-15-16(21)20(18(24)25-15)10-12-6-8-13(9-7-12)17(22)23/h2-9,15,19H,10H2,1H3,(H,22,23). The summed E-state index contributed by atoms with van der Waals surface area (Å²) in [5.74, 6) is -1.32. The van der Waals surface area contributed by atoms with Crippen LogP contribution >= 0.6 is 11.8 Å². The van der Waals surface area contributed by atoms with Gasteiger partial charge in [-0.3, -0.25) is 14.5 Å². The molecule has 0 aromatic heterocycles. The lowest BCUT2D eigenvalue weighted by atomic mass is 10.1. The van der Waals surface area contributed by atoms with Gasteiger partial charge in [-0.25, -0.2) is 4.79 Å². The molecular weight excluding hydrogens is 340 g/mol. The highest BCUT2D eigenvalue weighted by molar-refractivity contribution is 8.15. The van der Waals surface area contributed by atoms with Crippen molar-refractivity contribution >= 4 is 34.6 Å². The van der Waals surface area contributed by atoms with E-state index in [9.17, 15) is 14.4 Å². The van der Waals surface area contributed by atoms with Gasteiger partial charge in [-0.15, -0.1) is 0 Å². The quantitative estimate of drug-likeness (QED) is 0.855. The van der Waals surface area contributed by atoms with Gasteiger partial charge in [0.05, 0.1) is 12.1 Å². The molecule has 2 aromatic rings. The number of para-hydroxylation sites is 1. The fourth-order valence-electron chi connectivity index (χ4n) is 2.49. The minimum absolute atomic E-state index is 0.122. The average Bonchev–Trinajstić information content (AvgIpc) is 2.85. The van der Waals surface area contributed by atoms with E-state index >= 15 is 0 Å². The molecule has 2 N–H and O–H groups in total. The highest BCUT2D eigenvalue weighted by atomic mass is 32.2. The van der Waals surface area contributed by atoms with Gasteiger partial charge in [-0.1, -0.05) is 30.3 Å². The summed E-state index contributed by atoms with van der Waals surface area (Å²) in [6.07, 6.45) is 0. The van der Waals surface area contributed by atoms with Gasteiger partial charge in [0.2, 0.25) is 0 Å². The molecule has 128 valence electrons. The number of hydrogen-bond acceptors (Lipinski definition) is 5. The van der Waals surface area contributed by atoms with Crippen LogP contribution in [-0.4, -0.2) is 32.5 Å². The van der Waals surface area contributed by atoms with E-state index in [1.807, 2.05) is 31.2 Å². The van der Waals surface area contributed by atoms with Crippen molar-refractivity contribution in [2.75, 3.05) is 5.32 Å². The van der Waals surface area contributed by atoms with Crippen LogP contribution in [0.2, 0.25) is 0 Å². The number of aryl methyl sites for hydroxylation is 1. The third kappa shape index (κ3) is 3.66. The Morgan fingerprint density at radius 2 is 1.84 bits per heavy atom. The molecule has 1 aliphatic heterocycles. The molecule has 6 nitrogen and oxygen atoms in total. The van der Waals surface area contributed by atoms with Crippen molar-refractivity contribution in [2.24, 2.45) is 0 Å². The monoisotopic (exact) mass is 356 g/mol. The van der Waals surface area contributed by atoms with Crippen LogP contribution < -0.4 is 5.32 Å².